The molecule has 0 bridgehead atoms. The molecule has 2 aromatic carbocycles. The normalized spacial score (nSPS) is 14.3. The van der Waals surface area contributed by atoms with E-state index in [-0.39, 0.29) is 21.9 Å². The number of rotatable bonds is 2. The van der Waals surface area contributed by atoms with Crippen LogP contribution < -0.4 is 9.47 Å². The highest BCUT2D eigenvalue weighted by Gasteiger charge is 2.25. The molecular formula is C14H8BrClF2O3. The molecule has 0 saturated heterocycles. The monoisotopic (exact) mass is 376 g/mol. The molecule has 0 amide bonds. The second-order valence-corrected chi connectivity index (χ2v) is 5.66. The lowest BCUT2D eigenvalue weighted by Crippen LogP contribution is -2.06. The zero-order valence-electron chi connectivity index (χ0n) is 10.4. The molecule has 0 aliphatic carbocycles. The molecule has 1 aliphatic heterocycles. The Labute approximate surface area is 132 Å². The zero-order chi connectivity index (χ0) is 15.1. The molecular weight excluding hydrogens is 370 g/mol. The Hall–Kier alpha value is -1.37. The van der Waals surface area contributed by atoms with E-state index >= 15 is 0 Å². The molecule has 21 heavy (non-hydrogen) atoms. The molecule has 1 unspecified atom stereocenters. The van der Waals surface area contributed by atoms with Gasteiger partial charge in [0, 0.05) is 0 Å². The summed E-state index contributed by atoms with van der Waals surface area (Å²) in [5.41, 5.74) is -0.251. The van der Waals surface area contributed by atoms with Crippen LogP contribution in [0.25, 0.3) is 0 Å². The van der Waals surface area contributed by atoms with Crippen molar-refractivity contribution >= 4 is 27.5 Å². The van der Waals surface area contributed by atoms with Crippen molar-refractivity contribution in [1.29, 1.82) is 0 Å². The number of halogens is 4. The first-order valence-electron chi connectivity index (χ1n) is 5.89. The summed E-state index contributed by atoms with van der Waals surface area (Å²) < 4.78 is 38.2. The average Bonchev–Trinajstić information content (AvgIpc) is 2.92. The molecule has 0 saturated carbocycles. The van der Waals surface area contributed by atoms with Crippen LogP contribution in [0.1, 0.15) is 17.2 Å². The van der Waals surface area contributed by atoms with E-state index in [1.54, 1.807) is 0 Å². The molecule has 1 N–H and O–H groups in total. The summed E-state index contributed by atoms with van der Waals surface area (Å²) in [5, 5.41) is 10.5. The third-order valence-electron chi connectivity index (χ3n) is 3.12. The van der Waals surface area contributed by atoms with Crippen molar-refractivity contribution in [3.63, 3.8) is 0 Å². The van der Waals surface area contributed by atoms with E-state index in [0.29, 0.717) is 11.5 Å². The molecule has 0 spiro atoms. The predicted octanol–water partition coefficient (Wildman–Crippen LogP) is 4.19. The number of aliphatic hydroxyl groups is 1. The quantitative estimate of drug-likeness (QED) is 0.798. The summed E-state index contributed by atoms with van der Waals surface area (Å²) in [6.45, 7) is 0.00814. The second kappa shape index (κ2) is 5.44. The van der Waals surface area contributed by atoms with Gasteiger partial charge in [0.1, 0.15) is 17.7 Å². The summed E-state index contributed by atoms with van der Waals surface area (Å²) in [4.78, 5) is 0. The van der Waals surface area contributed by atoms with Gasteiger partial charge in [0.05, 0.1) is 15.1 Å². The van der Waals surface area contributed by atoms with Gasteiger partial charge in [0.2, 0.25) is 6.79 Å². The van der Waals surface area contributed by atoms with E-state index in [4.69, 9.17) is 21.1 Å². The minimum absolute atomic E-state index is 0.00814. The molecule has 3 nitrogen and oxygen atoms in total. The molecule has 1 aliphatic rings. The van der Waals surface area contributed by atoms with Crippen molar-refractivity contribution in [2.24, 2.45) is 0 Å². The molecule has 0 radical (unpaired) electrons. The van der Waals surface area contributed by atoms with Crippen LogP contribution in [-0.4, -0.2) is 11.9 Å². The van der Waals surface area contributed by atoms with Gasteiger partial charge in [-0.3, -0.25) is 0 Å². The molecule has 0 fully saturated rings. The number of hydrogen-bond acceptors (Lipinski definition) is 3. The van der Waals surface area contributed by atoms with Crippen LogP contribution in [-0.2, 0) is 0 Å². The second-order valence-electron chi connectivity index (χ2n) is 4.40. The number of hydrogen-bond donors (Lipinski definition) is 1. The van der Waals surface area contributed by atoms with E-state index in [1.165, 1.54) is 18.2 Å². The van der Waals surface area contributed by atoms with Crippen molar-refractivity contribution in [2.75, 3.05) is 6.79 Å². The average molecular weight is 378 g/mol. The minimum Gasteiger partial charge on any atom is -0.454 e. The largest absolute Gasteiger partial charge is 0.454 e. The van der Waals surface area contributed by atoms with E-state index < -0.39 is 23.3 Å². The van der Waals surface area contributed by atoms with Crippen LogP contribution in [0.2, 0.25) is 5.02 Å². The van der Waals surface area contributed by atoms with E-state index in [1.807, 2.05) is 0 Å². The molecule has 7 heteroatoms. The topological polar surface area (TPSA) is 38.7 Å². The molecule has 110 valence electrons. The summed E-state index contributed by atoms with van der Waals surface area (Å²) in [6.07, 6.45) is -1.52. The smallest absolute Gasteiger partial charge is 0.231 e. The highest BCUT2D eigenvalue weighted by Crippen LogP contribution is 2.42. The Morgan fingerprint density at radius 1 is 1.24 bits per heavy atom. The summed E-state index contributed by atoms with van der Waals surface area (Å²) in [6, 6.07) is 5.13. The molecule has 1 heterocycles. The van der Waals surface area contributed by atoms with Crippen molar-refractivity contribution < 1.29 is 23.4 Å². The van der Waals surface area contributed by atoms with Crippen molar-refractivity contribution in [2.45, 2.75) is 6.10 Å². The lowest BCUT2D eigenvalue weighted by Gasteiger charge is -2.15. The standard InChI is InChI=1S/C14H8BrClF2O3/c15-7-1-2-9(17)11(12(7)18)13(19)6-3-8(16)14-10(4-6)20-5-21-14/h1-4,13,19H,5H2. The van der Waals surface area contributed by atoms with Gasteiger partial charge >= 0.3 is 0 Å². The Morgan fingerprint density at radius 3 is 2.76 bits per heavy atom. The van der Waals surface area contributed by atoms with E-state index in [0.717, 1.165) is 6.07 Å². The van der Waals surface area contributed by atoms with Crippen LogP contribution in [0.4, 0.5) is 8.78 Å². The van der Waals surface area contributed by atoms with E-state index in [9.17, 15) is 13.9 Å². The van der Waals surface area contributed by atoms with Crippen LogP contribution >= 0.6 is 27.5 Å². The Bertz CT molecular complexity index is 724. The fourth-order valence-electron chi connectivity index (χ4n) is 2.11. The van der Waals surface area contributed by atoms with Gasteiger partial charge in [0.15, 0.2) is 11.5 Å². The fourth-order valence-corrected chi connectivity index (χ4v) is 2.72. The van der Waals surface area contributed by atoms with Gasteiger partial charge in [0.25, 0.3) is 0 Å². The van der Waals surface area contributed by atoms with Gasteiger partial charge in [-0.25, -0.2) is 8.78 Å². The maximum atomic E-state index is 14.0. The highest BCUT2D eigenvalue weighted by molar-refractivity contribution is 9.10. The fraction of sp³-hybridized carbons (Fsp3) is 0.143. The predicted molar refractivity (Wildman–Crippen MR) is 75.7 cm³/mol. The third kappa shape index (κ3) is 2.47. The SMILES string of the molecule is OC(c1cc(Cl)c2c(c1)OCO2)c1c(F)ccc(Br)c1F. The van der Waals surface area contributed by atoms with Gasteiger partial charge in [-0.05, 0) is 45.8 Å². The van der Waals surface area contributed by atoms with Gasteiger partial charge in [-0.1, -0.05) is 11.6 Å². The van der Waals surface area contributed by atoms with Crippen LogP contribution in [0.3, 0.4) is 0 Å². The number of ether oxygens (including phenoxy) is 2. The maximum absolute atomic E-state index is 14.0. The minimum atomic E-state index is -1.52. The van der Waals surface area contributed by atoms with Crippen molar-refractivity contribution in [3.8, 4) is 11.5 Å². The van der Waals surface area contributed by atoms with Gasteiger partial charge in [-0.15, -0.1) is 0 Å². The third-order valence-corrected chi connectivity index (χ3v) is 4.01. The summed E-state index contributed by atoms with van der Waals surface area (Å²) >= 11 is 8.97. The summed E-state index contributed by atoms with van der Waals surface area (Å²) in [5.74, 6) is -1.04. The van der Waals surface area contributed by atoms with Crippen molar-refractivity contribution in [3.05, 3.63) is 56.5 Å². The zero-order valence-corrected chi connectivity index (χ0v) is 12.7. The van der Waals surface area contributed by atoms with Crippen LogP contribution in [0.5, 0.6) is 11.5 Å². The number of fused-ring (bicyclic) bond motifs is 1. The van der Waals surface area contributed by atoms with Crippen LogP contribution in [0.15, 0.2) is 28.7 Å². The lowest BCUT2D eigenvalue weighted by atomic mass is 10.00. The number of benzene rings is 2. The van der Waals surface area contributed by atoms with Crippen molar-refractivity contribution in [1.82, 2.24) is 0 Å². The first kappa shape index (κ1) is 14.6. The highest BCUT2D eigenvalue weighted by atomic mass is 79.9. The lowest BCUT2D eigenvalue weighted by molar-refractivity contribution is 0.173. The number of aliphatic hydroxyl groups excluding tert-OH is 1. The Morgan fingerprint density at radius 2 is 2.00 bits per heavy atom. The molecule has 3 rings (SSSR count). The summed E-state index contributed by atoms with van der Waals surface area (Å²) in [7, 11) is 0. The Kier molecular flexibility index (Phi) is 3.77. The van der Waals surface area contributed by atoms with Gasteiger partial charge < -0.3 is 14.6 Å². The Balaban J connectivity index is 2.10. The first-order chi connectivity index (χ1) is 9.99. The molecule has 2 aromatic rings. The maximum Gasteiger partial charge on any atom is 0.231 e. The van der Waals surface area contributed by atoms with E-state index in [2.05, 4.69) is 15.9 Å². The first-order valence-corrected chi connectivity index (χ1v) is 7.06. The van der Waals surface area contributed by atoms with Crippen LogP contribution in [0, 0.1) is 11.6 Å². The molecule has 1 atom stereocenters. The van der Waals surface area contributed by atoms with Gasteiger partial charge in [-0.2, -0.15) is 0 Å². The molecule has 0 aromatic heterocycles.